The van der Waals surface area contributed by atoms with Crippen LogP contribution in [0.25, 0.3) is 11.3 Å². The molecule has 2 aromatic carbocycles. The lowest BCUT2D eigenvalue weighted by Gasteiger charge is -2.29. The van der Waals surface area contributed by atoms with Crippen LogP contribution in [0, 0.1) is 5.82 Å². The molecule has 31 heavy (non-hydrogen) atoms. The van der Waals surface area contributed by atoms with Crippen LogP contribution in [0.15, 0.2) is 54.6 Å². The number of halogens is 1. The van der Waals surface area contributed by atoms with E-state index in [1.54, 1.807) is 6.07 Å². The SMILES string of the molecule is O=C1c2[nH]nc(-c3ccccc3)c2C(c2cccc(F)c2)N1CCCN1CCOCC1. The highest BCUT2D eigenvalue weighted by Crippen LogP contribution is 2.42. The monoisotopic (exact) mass is 420 g/mol. The number of nitrogens with zero attached hydrogens (tertiary/aromatic N) is 3. The number of amides is 1. The Labute approximate surface area is 180 Å². The highest BCUT2D eigenvalue weighted by atomic mass is 19.1. The molecule has 7 heteroatoms. The summed E-state index contributed by atoms with van der Waals surface area (Å²) in [7, 11) is 0. The molecule has 1 saturated heterocycles. The number of benzene rings is 2. The smallest absolute Gasteiger partial charge is 0.273 e. The summed E-state index contributed by atoms with van der Waals surface area (Å²) in [5, 5.41) is 7.41. The Balaban J connectivity index is 1.47. The minimum atomic E-state index is -0.364. The van der Waals surface area contributed by atoms with E-state index in [9.17, 15) is 9.18 Å². The average molecular weight is 420 g/mol. The summed E-state index contributed by atoms with van der Waals surface area (Å²) >= 11 is 0. The second-order valence-corrected chi connectivity index (χ2v) is 7.99. The molecule has 3 heterocycles. The van der Waals surface area contributed by atoms with Crippen molar-refractivity contribution in [1.29, 1.82) is 0 Å². The van der Waals surface area contributed by atoms with Gasteiger partial charge in [-0.15, -0.1) is 0 Å². The third-order valence-electron chi connectivity index (χ3n) is 6.05. The molecule has 0 aliphatic carbocycles. The molecule has 160 valence electrons. The molecular weight excluding hydrogens is 395 g/mol. The van der Waals surface area contributed by atoms with Gasteiger partial charge in [-0.25, -0.2) is 4.39 Å². The molecule has 0 bridgehead atoms. The van der Waals surface area contributed by atoms with E-state index in [0.29, 0.717) is 12.2 Å². The number of nitrogens with one attached hydrogen (secondary N) is 1. The Hall–Kier alpha value is -3.03. The van der Waals surface area contributed by atoms with E-state index >= 15 is 0 Å². The molecular formula is C24H25FN4O2. The van der Waals surface area contributed by atoms with E-state index in [1.807, 2.05) is 41.3 Å². The third-order valence-corrected chi connectivity index (χ3v) is 6.05. The van der Waals surface area contributed by atoms with Crippen molar-refractivity contribution in [2.24, 2.45) is 0 Å². The maximum atomic E-state index is 14.1. The molecule has 1 aromatic heterocycles. The van der Waals surface area contributed by atoms with Gasteiger partial charge in [0.05, 0.1) is 24.9 Å². The van der Waals surface area contributed by atoms with Crippen LogP contribution in [0.4, 0.5) is 4.39 Å². The molecule has 1 amide bonds. The molecule has 1 unspecified atom stereocenters. The lowest BCUT2D eigenvalue weighted by molar-refractivity contribution is 0.0354. The molecule has 2 aliphatic rings. The molecule has 6 nitrogen and oxygen atoms in total. The first-order valence-corrected chi connectivity index (χ1v) is 10.7. The normalized spacial score (nSPS) is 19.1. The van der Waals surface area contributed by atoms with Gasteiger partial charge in [0.15, 0.2) is 0 Å². The molecule has 2 aliphatic heterocycles. The number of morpholine rings is 1. The minimum Gasteiger partial charge on any atom is -0.379 e. The van der Waals surface area contributed by atoms with Gasteiger partial charge >= 0.3 is 0 Å². The molecule has 3 aromatic rings. The van der Waals surface area contributed by atoms with Gasteiger partial charge < -0.3 is 9.64 Å². The molecule has 0 saturated carbocycles. The summed E-state index contributed by atoms with van der Waals surface area (Å²) in [6.45, 7) is 4.84. The summed E-state index contributed by atoms with van der Waals surface area (Å²) in [4.78, 5) is 17.5. The van der Waals surface area contributed by atoms with E-state index in [4.69, 9.17) is 4.74 Å². The number of aromatic amines is 1. The number of ether oxygens (including phenoxy) is 1. The van der Waals surface area contributed by atoms with Gasteiger partial charge in [0.2, 0.25) is 0 Å². The van der Waals surface area contributed by atoms with Gasteiger partial charge in [-0.2, -0.15) is 5.10 Å². The third kappa shape index (κ3) is 3.86. The lowest BCUT2D eigenvalue weighted by atomic mass is 9.96. The van der Waals surface area contributed by atoms with E-state index in [2.05, 4.69) is 15.1 Å². The second-order valence-electron chi connectivity index (χ2n) is 7.99. The molecule has 0 spiro atoms. The fourth-order valence-electron chi connectivity index (χ4n) is 4.56. The lowest BCUT2D eigenvalue weighted by Crippen LogP contribution is -2.38. The van der Waals surface area contributed by atoms with Gasteiger partial charge in [0, 0.05) is 37.3 Å². The van der Waals surface area contributed by atoms with Crippen LogP contribution >= 0.6 is 0 Å². The van der Waals surface area contributed by atoms with Crippen LogP contribution in [0.5, 0.6) is 0 Å². The van der Waals surface area contributed by atoms with Gasteiger partial charge in [-0.05, 0) is 24.1 Å². The highest BCUT2D eigenvalue weighted by molar-refractivity contribution is 6.00. The summed E-state index contributed by atoms with van der Waals surface area (Å²) in [6.07, 6.45) is 0.843. The Morgan fingerprint density at radius 1 is 1.06 bits per heavy atom. The molecule has 0 radical (unpaired) electrons. The van der Waals surface area contributed by atoms with Gasteiger partial charge in [-0.3, -0.25) is 14.8 Å². The zero-order valence-electron chi connectivity index (χ0n) is 17.3. The van der Waals surface area contributed by atoms with E-state index in [0.717, 1.165) is 61.7 Å². The fourth-order valence-corrected chi connectivity index (χ4v) is 4.56. The van der Waals surface area contributed by atoms with Crippen LogP contribution < -0.4 is 0 Å². The number of rotatable bonds is 6. The molecule has 5 rings (SSSR count). The van der Waals surface area contributed by atoms with Crippen molar-refractivity contribution in [3.05, 3.63) is 77.2 Å². The second kappa shape index (κ2) is 8.61. The van der Waals surface area contributed by atoms with E-state index < -0.39 is 0 Å². The topological polar surface area (TPSA) is 61.5 Å². The number of aromatic nitrogens is 2. The van der Waals surface area contributed by atoms with Crippen molar-refractivity contribution < 1.29 is 13.9 Å². The zero-order chi connectivity index (χ0) is 21.2. The van der Waals surface area contributed by atoms with Crippen molar-refractivity contribution in [3.8, 4) is 11.3 Å². The predicted octanol–water partition coefficient (Wildman–Crippen LogP) is 3.48. The van der Waals surface area contributed by atoms with Crippen LogP contribution in [-0.4, -0.2) is 65.3 Å². The van der Waals surface area contributed by atoms with Crippen molar-refractivity contribution in [2.75, 3.05) is 39.4 Å². The average Bonchev–Trinajstić information content (AvgIpc) is 3.34. The van der Waals surface area contributed by atoms with Crippen molar-refractivity contribution in [3.63, 3.8) is 0 Å². The van der Waals surface area contributed by atoms with E-state index in [-0.39, 0.29) is 17.8 Å². The number of H-pyrrole nitrogens is 1. The van der Waals surface area contributed by atoms with Gasteiger partial charge in [-0.1, -0.05) is 42.5 Å². The summed E-state index contributed by atoms with van der Waals surface area (Å²) in [5.74, 6) is -0.391. The zero-order valence-corrected chi connectivity index (χ0v) is 17.3. The van der Waals surface area contributed by atoms with Crippen LogP contribution in [0.3, 0.4) is 0 Å². The van der Waals surface area contributed by atoms with Crippen molar-refractivity contribution >= 4 is 5.91 Å². The quantitative estimate of drug-likeness (QED) is 0.663. The van der Waals surface area contributed by atoms with Gasteiger partial charge in [0.1, 0.15) is 11.5 Å². The molecule has 1 N–H and O–H groups in total. The van der Waals surface area contributed by atoms with Crippen LogP contribution in [-0.2, 0) is 4.74 Å². The highest BCUT2D eigenvalue weighted by Gasteiger charge is 2.42. The first kappa shape index (κ1) is 19.9. The largest absolute Gasteiger partial charge is 0.379 e. The Bertz CT molecular complexity index is 1060. The molecule has 1 fully saturated rings. The first-order valence-electron chi connectivity index (χ1n) is 10.7. The Morgan fingerprint density at radius 2 is 1.87 bits per heavy atom. The van der Waals surface area contributed by atoms with Crippen LogP contribution in [0.2, 0.25) is 0 Å². The summed E-state index contributed by atoms with van der Waals surface area (Å²) < 4.78 is 19.5. The number of hydrogen-bond acceptors (Lipinski definition) is 4. The Morgan fingerprint density at radius 3 is 2.65 bits per heavy atom. The van der Waals surface area contributed by atoms with Crippen molar-refractivity contribution in [2.45, 2.75) is 12.5 Å². The summed E-state index contributed by atoms with van der Waals surface area (Å²) in [6, 6.07) is 16.0. The maximum absolute atomic E-state index is 14.1. The number of fused-ring (bicyclic) bond motifs is 1. The maximum Gasteiger partial charge on any atom is 0.273 e. The number of carbonyl (C=O) groups excluding carboxylic acids is 1. The standard InChI is InChI=1S/C24H25FN4O2/c25-19-9-4-8-18(16-19)23-20-21(17-6-2-1-3-7-17)26-27-22(20)24(30)29(23)11-5-10-28-12-14-31-15-13-28/h1-4,6-9,16,23H,5,10-15H2,(H,26,27). The van der Waals surface area contributed by atoms with Gasteiger partial charge in [0.25, 0.3) is 5.91 Å². The van der Waals surface area contributed by atoms with Crippen LogP contribution in [0.1, 0.15) is 34.1 Å². The minimum absolute atomic E-state index is 0.0825. The fraction of sp³-hybridized carbons (Fsp3) is 0.333. The predicted molar refractivity (Wildman–Crippen MR) is 115 cm³/mol. The number of carbonyl (C=O) groups is 1. The first-order chi connectivity index (χ1) is 15.2. The Kier molecular flexibility index (Phi) is 5.53. The number of hydrogen-bond donors (Lipinski definition) is 1. The van der Waals surface area contributed by atoms with E-state index in [1.165, 1.54) is 12.1 Å². The summed E-state index contributed by atoms with van der Waals surface area (Å²) in [5.41, 5.74) is 3.77. The van der Waals surface area contributed by atoms with Crippen molar-refractivity contribution in [1.82, 2.24) is 20.0 Å². The molecule has 1 atom stereocenters.